The predicted octanol–water partition coefficient (Wildman–Crippen LogP) is 2.75. The van der Waals surface area contributed by atoms with Gasteiger partial charge in [-0.1, -0.05) is 6.07 Å². The molecule has 1 atom stereocenters. The lowest BCUT2D eigenvalue weighted by molar-refractivity contribution is 0.0958. The number of fused-ring (bicyclic) bond motifs is 1. The van der Waals surface area contributed by atoms with E-state index >= 15 is 0 Å². The number of benzene rings is 1. The Morgan fingerprint density at radius 3 is 2.71 bits per heavy atom. The summed E-state index contributed by atoms with van der Waals surface area (Å²) in [6.45, 7) is 3.45. The molecule has 5 rings (SSSR count). The van der Waals surface area contributed by atoms with E-state index in [9.17, 15) is 19.2 Å². The van der Waals surface area contributed by atoms with E-state index in [0.29, 0.717) is 11.4 Å². The van der Waals surface area contributed by atoms with Crippen molar-refractivity contribution in [1.82, 2.24) is 20.2 Å². The Hall–Kier alpha value is -3.77. The SMILES string of the molecule is CNC(=O)c1ccc(N2CCC(N3CCC(c4cc5ccc(F)cc5c(=O)[nH]4)C3)CC2)c(C#N)n1. The zero-order chi connectivity index (χ0) is 24.5. The van der Waals surface area contributed by atoms with E-state index in [2.05, 4.69) is 31.2 Å². The highest BCUT2D eigenvalue weighted by Gasteiger charge is 2.32. The summed E-state index contributed by atoms with van der Waals surface area (Å²) < 4.78 is 13.5. The van der Waals surface area contributed by atoms with Crippen LogP contribution in [0.5, 0.6) is 0 Å². The van der Waals surface area contributed by atoms with Crippen molar-refractivity contribution in [3.05, 3.63) is 69.7 Å². The van der Waals surface area contributed by atoms with E-state index in [4.69, 9.17) is 0 Å². The normalized spacial score (nSPS) is 19.1. The van der Waals surface area contributed by atoms with E-state index in [1.165, 1.54) is 19.2 Å². The molecular formula is C26H27FN6O2. The molecule has 2 saturated heterocycles. The van der Waals surface area contributed by atoms with Crippen LogP contribution in [0.15, 0.2) is 41.2 Å². The van der Waals surface area contributed by atoms with Crippen molar-refractivity contribution in [1.29, 1.82) is 5.26 Å². The van der Waals surface area contributed by atoms with Gasteiger partial charge in [0, 0.05) is 49.7 Å². The minimum atomic E-state index is -0.408. The van der Waals surface area contributed by atoms with Crippen LogP contribution in [-0.2, 0) is 0 Å². The lowest BCUT2D eigenvalue weighted by atomic mass is 10.0. The van der Waals surface area contributed by atoms with Crippen molar-refractivity contribution in [3.63, 3.8) is 0 Å². The van der Waals surface area contributed by atoms with Crippen LogP contribution in [-0.4, -0.2) is 60.0 Å². The molecule has 0 aliphatic carbocycles. The Morgan fingerprint density at radius 1 is 1.17 bits per heavy atom. The summed E-state index contributed by atoms with van der Waals surface area (Å²) in [6.07, 6.45) is 2.89. The van der Waals surface area contributed by atoms with Crippen molar-refractivity contribution in [2.45, 2.75) is 31.2 Å². The number of carbonyl (C=O) groups excluding carboxylic acids is 1. The Morgan fingerprint density at radius 2 is 1.97 bits per heavy atom. The lowest BCUT2D eigenvalue weighted by Gasteiger charge is -2.38. The number of H-pyrrole nitrogens is 1. The molecule has 2 aliphatic rings. The second kappa shape index (κ2) is 9.47. The van der Waals surface area contributed by atoms with Gasteiger partial charge in [0.05, 0.1) is 5.69 Å². The largest absolute Gasteiger partial charge is 0.369 e. The van der Waals surface area contributed by atoms with Gasteiger partial charge in [0.1, 0.15) is 17.6 Å². The molecule has 0 saturated carbocycles. The summed E-state index contributed by atoms with van der Waals surface area (Å²) in [5.74, 6) is -0.480. The lowest BCUT2D eigenvalue weighted by Crippen LogP contribution is -2.44. The number of carbonyl (C=O) groups is 1. The topological polar surface area (TPSA) is 105 Å². The van der Waals surface area contributed by atoms with Gasteiger partial charge in [-0.05, 0) is 61.5 Å². The highest BCUT2D eigenvalue weighted by molar-refractivity contribution is 5.92. The number of aromatic nitrogens is 2. The number of amides is 1. The summed E-state index contributed by atoms with van der Waals surface area (Å²) in [7, 11) is 1.54. The maximum Gasteiger partial charge on any atom is 0.269 e. The smallest absolute Gasteiger partial charge is 0.269 e. The number of hydrogen-bond acceptors (Lipinski definition) is 6. The molecule has 2 fully saturated rings. The van der Waals surface area contributed by atoms with Crippen molar-refractivity contribution in [2.75, 3.05) is 38.1 Å². The third kappa shape index (κ3) is 4.49. The van der Waals surface area contributed by atoms with E-state index in [0.717, 1.165) is 62.2 Å². The highest BCUT2D eigenvalue weighted by Crippen LogP contribution is 2.32. The third-order valence-corrected chi connectivity index (χ3v) is 7.25. The minimum Gasteiger partial charge on any atom is -0.369 e. The van der Waals surface area contributed by atoms with Gasteiger partial charge in [-0.15, -0.1) is 0 Å². The van der Waals surface area contributed by atoms with Crippen LogP contribution in [0.1, 0.15) is 47.1 Å². The number of pyridine rings is 2. The first-order chi connectivity index (χ1) is 17.0. The van der Waals surface area contributed by atoms with Crippen LogP contribution < -0.4 is 15.8 Å². The number of likely N-dealkylation sites (tertiary alicyclic amines) is 1. The molecule has 0 bridgehead atoms. The van der Waals surface area contributed by atoms with Gasteiger partial charge < -0.3 is 15.2 Å². The molecule has 4 heterocycles. The van der Waals surface area contributed by atoms with Crippen LogP contribution in [0, 0.1) is 17.1 Å². The summed E-state index contributed by atoms with van der Waals surface area (Å²) in [5, 5.41) is 13.2. The molecule has 2 N–H and O–H groups in total. The number of nitriles is 1. The quantitative estimate of drug-likeness (QED) is 0.603. The maximum absolute atomic E-state index is 13.5. The molecule has 35 heavy (non-hydrogen) atoms. The molecular weight excluding hydrogens is 447 g/mol. The number of hydrogen-bond donors (Lipinski definition) is 2. The van der Waals surface area contributed by atoms with Gasteiger partial charge in [0.2, 0.25) is 0 Å². The average molecular weight is 475 g/mol. The second-order valence-electron chi connectivity index (χ2n) is 9.24. The molecule has 9 heteroatoms. The number of anilines is 1. The van der Waals surface area contributed by atoms with Crippen molar-refractivity contribution in [2.24, 2.45) is 0 Å². The molecule has 0 spiro atoms. The molecule has 0 radical (unpaired) electrons. The summed E-state index contributed by atoms with van der Waals surface area (Å²) in [4.78, 5) is 36.2. The summed E-state index contributed by atoms with van der Waals surface area (Å²) in [6, 6.07) is 12.3. The summed E-state index contributed by atoms with van der Waals surface area (Å²) >= 11 is 0. The Labute approximate surface area is 202 Å². The Bertz CT molecular complexity index is 1370. The molecule has 2 aliphatic heterocycles. The molecule has 8 nitrogen and oxygen atoms in total. The average Bonchev–Trinajstić information content (AvgIpc) is 3.39. The van der Waals surface area contributed by atoms with E-state index < -0.39 is 5.82 Å². The Kier molecular flexibility index (Phi) is 6.22. The van der Waals surface area contributed by atoms with Gasteiger partial charge in [0.15, 0.2) is 5.69 Å². The van der Waals surface area contributed by atoms with Gasteiger partial charge in [-0.3, -0.25) is 14.5 Å². The molecule has 1 unspecified atom stereocenters. The van der Waals surface area contributed by atoms with Gasteiger partial charge >= 0.3 is 0 Å². The highest BCUT2D eigenvalue weighted by atomic mass is 19.1. The van der Waals surface area contributed by atoms with Crippen molar-refractivity contribution in [3.8, 4) is 6.07 Å². The minimum absolute atomic E-state index is 0.238. The fourth-order valence-electron chi connectivity index (χ4n) is 5.36. The van der Waals surface area contributed by atoms with Gasteiger partial charge in [0.25, 0.3) is 11.5 Å². The van der Waals surface area contributed by atoms with Crippen LogP contribution in [0.3, 0.4) is 0 Å². The van der Waals surface area contributed by atoms with E-state index in [1.807, 2.05) is 12.1 Å². The fraction of sp³-hybridized carbons (Fsp3) is 0.385. The fourth-order valence-corrected chi connectivity index (χ4v) is 5.36. The Balaban J connectivity index is 1.24. The number of piperidine rings is 1. The van der Waals surface area contributed by atoms with Crippen LogP contribution in [0.4, 0.5) is 10.1 Å². The summed E-state index contributed by atoms with van der Waals surface area (Å²) in [5.41, 5.74) is 1.94. The first-order valence-electron chi connectivity index (χ1n) is 11.9. The van der Waals surface area contributed by atoms with E-state index in [-0.39, 0.29) is 28.8 Å². The van der Waals surface area contributed by atoms with Crippen LogP contribution >= 0.6 is 0 Å². The monoisotopic (exact) mass is 474 g/mol. The number of nitrogens with zero attached hydrogens (tertiary/aromatic N) is 4. The van der Waals surface area contributed by atoms with Crippen LogP contribution in [0.2, 0.25) is 0 Å². The van der Waals surface area contributed by atoms with Gasteiger partial charge in [-0.25, -0.2) is 9.37 Å². The first-order valence-corrected chi connectivity index (χ1v) is 11.9. The van der Waals surface area contributed by atoms with Crippen molar-refractivity contribution >= 4 is 22.4 Å². The standard InChI is InChI=1S/C26H27FN6O2/c1-29-26(35)21-4-5-24(23(14-28)30-21)32-10-7-19(8-11-32)33-9-6-17(15-33)22-12-16-2-3-18(27)13-20(16)25(34)31-22/h2-5,12-13,17,19H,6-11,15H2,1H3,(H,29,35)(H,31,34). The predicted molar refractivity (Wildman–Crippen MR) is 131 cm³/mol. The third-order valence-electron chi connectivity index (χ3n) is 7.25. The van der Waals surface area contributed by atoms with E-state index in [1.54, 1.807) is 12.1 Å². The molecule has 3 aromatic rings. The zero-order valence-electron chi connectivity index (χ0n) is 19.6. The second-order valence-corrected chi connectivity index (χ2v) is 9.24. The zero-order valence-corrected chi connectivity index (χ0v) is 19.6. The van der Waals surface area contributed by atoms with Crippen LogP contribution in [0.25, 0.3) is 10.8 Å². The molecule has 2 aromatic heterocycles. The van der Waals surface area contributed by atoms with Crippen molar-refractivity contribution < 1.29 is 9.18 Å². The molecule has 180 valence electrons. The first kappa shape index (κ1) is 23.0. The van der Waals surface area contributed by atoms with Gasteiger partial charge in [-0.2, -0.15) is 5.26 Å². The number of aromatic amines is 1. The maximum atomic E-state index is 13.5. The molecule has 1 aromatic carbocycles. The number of nitrogens with one attached hydrogen (secondary N) is 2. The number of halogens is 1. The molecule has 1 amide bonds. The number of rotatable bonds is 4.